The largest absolute Gasteiger partial charge is 0.496 e. The number of unbranched alkanes of at least 4 members (excludes halogenated alkanes) is 1. The molecule has 222 valence electrons. The number of benzene rings is 2. The molecule has 0 aliphatic carbocycles. The lowest BCUT2D eigenvalue weighted by atomic mass is 9.85. The van der Waals surface area contributed by atoms with Gasteiger partial charge in [0.2, 0.25) is 11.8 Å². The molecule has 2 rings (SSSR count). The van der Waals surface area contributed by atoms with Crippen LogP contribution in [0.25, 0.3) is 0 Å². The third-order valence-electron chi connectivity index (χ3n) is 6.75. The molecule has 3 N–H and O–H groups in total. The van der Waals surface area contributed by atoms with Crippen molar-refractivity contribution < 1.29 is 27.5 Å². The number of anilines is 1. The van der Waals surface area contributed by atoms with Crippen LogP contribution < -0.4 is 20.5 Å². The van der Waals surface area contributed by atoms with E-state index in [4.69, 9.17) is 15.2 Å². The van der Waals surface area contributed by atoms with E-state index in [1.165, 1.54) is 0 Å². The summed E-state index contributed by atoms with van der Waals surface area (Å²) in [6.45, 7) is 10.4. The minimum atomic E-state index is -3.04. The van der Waals surface area contributed by atoms with Crippen molar-refractivity contribution in [1.29, 1.82) is 0 Å². The van der Waals surface area contributed by atoms with Crippen molar-refractivity contribution in [3.8, 4) is 11.5 Å². The average molecular weight is 575 g/mol. The second kappa shape index (κ2) is 15.1. The van der Waals surface area contributed by atoms with E-state index in [9.17, 15) is 18.0 Å². The number of nitrogens with two attached hydrogens (primary N) is 1. The number of carbonyl (C=O) groups is 2. The van der Waals surface area contributed by atoms with Crippen LogP contribution in [0.15, 0.2) is 36.4 Å². The molecule has 0 radical (unpaired) electrons. The molecule has 0 aliphatic heterocycles. The van der Waals surface area contributed by atoms with Crippen LogP contribution in [0.2, 0.25) is 0 Å². The summed E-state index contributed by atoms with van der Waals surface area (Å²) in [7, 11) is -1.46. The molecule has 2 aromatic rings. The third-order valence-corrected chi connectivity index (χ3v) is 8.69. The molecule has 0 saturated heterocycles. The van der Waals surface area contributed by atoms with Crippen molar-refractivity contribution in [2.45, 2.75) is 84.5 Å². The number of carbonyl (C=O) groups excluding carboxylic acids is 2. The molecule has 0 bridgehead atoms. The first kappa shape index (κ1) is 33.1. The maximum absolute atomic E-state index is 13.3. The van der Waals surface area contributed by atoms with Gasteiger partial charge in [-0.2, -0.15) is 0 Å². The predicted octanol–water partition coefficient (Wildman–Crippen LogP) is 5.99. The zero-order valence-corrected chi connectivity index (χ0v) is 25.7. The number of ether oxygens (including phenoxy) is 2. The van der Waals surface area contributed by atoms with Crippen molar-refractivity contribution in [1.82, 2.24) is 0 Å². The van der Waals surface area contributed by atoms with Gasteiger partial charge in [0.05, 0.1) is 19.5 Å². The molecule has 2 amide bonds. The van der Waals surface area contributed by atoms with E-state index in [1.54, 1.807) is 25.3 Å². The summed E-state index contributed by atoms with van der Waals surface area (Å²) in [5, 5.41) is 3.03. The van der Waals surface area contributed by atoms with Gasteiger partial charge in [-0.15, -0.1) is 0 Å². The van der Waals surface area contributed by atoms with E-state index in [0.29, 0.717) is 35.6 Å². The summed E-state index contributed by atoms with van der Waals surface area (Å²) in [6, 6.07) is 10.7. The highest BCUT2D eigenvalue weighted by atomic mass is 32.2. The standard InChI is InChI=1S/C31H46N2O6S/c1-7-9-11-22(20-29(34)33-27-19-23(30(32)35)12-15-26(27)31(3,4)5)25-14-13-24(21-28(25)38-6)39-16-10-18-40(36,37)17-8-2/h12-15,19,21-22H,7-11,16-18,20H2,1-6H3,(H2,32,35)(H,33,34). The lowest BCUT2D eigenvalue weighted by Gasteiger charge is -2.25. The van der Waals surface area contributed by atoms with Gasteiger partial charge >= 0.3 is 0 Å². The summed E-state index contributed by atoms with van der Waals surface area (Å²) >= 11 is 0. The van der Waals surface area contributed by atoms with E-state index in [1.807, 2.05) is 45.9 Å². The van der Waals surface area contributed by atoms with Crippen LogP contribution in [0.3, 0.4) is 0 Å². The first-order chi connectivity index (χ1) is 18.8. The first-order valence-corrected chi connectivity index (χ1v) is 15.9. The fraction of sp³-hybridized carbons (Fsp3) is 0.548. The van der Waals surface area contributed by atoms with Gasteiger partial charge in [0.25, 0.3) is 0 Å². The van der Waals surface area contributed by atoms with Gasteiger partial charge in [0.1, 0.15) is 21.3 Å². The predicted molar refractivity (Wildman–Crippen MR) is 161 cm³/mol. The Balaban J connectivity index is 2.21. The normalized spacial score (nSPS) is 12.6. The van der Waals surface area contributed by atoms with Crippen LogP contribution in [-0.4, -0.2) is 45.5 Å². The summed E-state index contributed by atoms with van der Waals surface area (Å²) in [4.78, 5) is 25.1. The molecule has 9 heteroatoms. The van der Waals surface area contributed by atoms with Crippen molar-refractivity contribution in [2.75, 3.05) is 30.5 Å². The van der Waals surface area contributed by atoms with E-state index < -0.39 is 15.7 Å². The highest BCUT2D eigenvalue weighted by molar-refractivity contribution is 7.91. The molecule has 0 spiro atoms. The Bertz CT molecular complexity index is 1250. The Kier molecular flexibility index (Phi) is 12.5. The summed E-state index contributed by atoms with van der Waals surface area (Å²) < 4.78 is 35.4. The molecule has 0 saturated carbocycles. The Hall–Kier alpha value is -3.07. The second-order valence-corrected chi connectivity index (χ2v) is 13.5. The fourth-order valence-corrected chi connectivity index (χ4v) is 6.08. The van der Waals surface area contributed by atoms with Crippen LogP contribution in [0, 0.1) is 0 Å². The third kappa shape index (κ3) is 10.2. The average Bonchev–Trinajstić information content (AvgIpc) is 2.88. The van der Waals surface area contributed by atoms with Crippen LogP contribution >= 0.6 is 0 Å². The number of hydrogen-bond donors (Lipinski definition) is 2. The van der Waals surface area contributed by atoms with E-state index >= 15 is 0 Å². The lowest BCUT2D eigenvalue weighted by Crippen LogP contribution is -2.22. The van der Waals surface area contributed by atoms with Gasteiger partial charge in [-0.3, -0.25) is 9.59 Å². The van der Waals surface area contributed by atoms with E-state index in [0.717, 1.165) is 30.4 Å². The Morgan fingerprint density at radius 1 is 1.00 bits per heavy atom. The topological polar surface area (TPSA) is 125 Å². The molecule has 0 fully saturated rings. The summed E-state index contributed by atoms with van der Waals surface area (Å²) in [5.74, 6) is 0.692. The molecule has 0 heterocycles. The van der Waals surface area contributed by atoms with Gasteiger partial charge in [0.15, 0.2) is 0 Å². The van der Waals surface area contributed by atoms with Crippen molar-refractivity contribution in [3.63, 3.8) is 0 Å². The minimum absolute atomic E-state index is 0.0967. The Labute approximate surface area is 239 Å². The SMILES string of the molecule is CCCCC(CC(=O)Nc1cc(C(N)=O)ccc1C(C)(C)C)c1ccc(OCCCS(=O)(=O)CCC)cc1OC. The number of sulfone groups is 1. The number of rotatable bonds is 16. The Morgan fingerprint density at radius 3 is 2.33 bits per heavy atom. The van der Waals surface area contributed by atoms with E-state index in [-0.39, 0.29) is 41.8 Å². The van der Waals surface area contributed by atoms with Gasteiger partial charge < -0.3 is 20.5 Å². The van der Waals surface area contributed by atoms with Crippen molar-refractivity contribution in [2.24, 2.45) is 5.73 Å². The van der Waals surface area contributed by atoms with Crippen molar-refractivity contribution >= 4 is 27.3 Å². The maximum atomic E-state index is 13.3. The van der Waals surface area contributed by atoms with Crippen LogP contribution in [0.4, 0.5) is 5.69 Å². The lowest BCUT2D eigenvalue weighted by molar-refractivity contribution is -0.116. The van der Waals surface area contributed by atoms with Gasteiger partial charge in [0, 0.05) is 29.5 Å². The van der Waals surface area contributed by atoms with Gasteiger partial charge in [-0.05, 0) is 59.9 Å². The highest BCUT2D eigenvalue weighted by Gasteiger charge is 2.24. The molecule has 0 aliphatic rings. The molecule has 1 atom stereocenters. The maximum Gasteiger partial charge on any atom is 0.248 e. The van der Waals surface area contributed by atoms with Crippen molar-refractivity contribution in [3.05, 3.63) is 53.1 Å². The molecular formula is C31H46N2O6S. The number of hydrogen-bond acceptors (Lipinski definition) is 6. The zero-order valence-electron chi connectivity index (χ0n) is 24.8. The van der Waals surface area contributed by atoms with Gasteiger partial charge in [-0.25, -0.2) is 8.42 Å². The minimum Gasteiger partial charge on any atom is -0.496 e. The number of nitrogens with one attached hydrogen (secondary N) is 1. The first-order valence-electron chi connectivity index (χ1n) is 14.1. The molecule has 8 nitrogen and oxygen atoms in total. The van der Waals surface area contributed by atoms with Crippen LogP contribution in [-0.2, 0) is 20.0 Å². The second-order valence-electron chi connectivity index (χ2n) is 11.2. The molecular weight excluding hydrogens is 528 g/mol. The smallest absolute Gasteiger partial charge is 0.248 e. The summed E-state index contributed by atoms with van der Waals surface area (Å²) in [5.41, 5.74) is 7.99. The van der Waals surface area contributed by atoms with Crippen LogP contribution in [0.5, 0.6) is 11.5 Å². The Morgan fingerprint density at radius 2 is 1.73 bits per heavy atom. The molecule has 0 aromatic heterocycles. The number of methoxy groups -OCH3 is 1. The quantitative estimate of drug-likeness (QED) is 0.237. The van der Waals surface area contributed by atoms with Gasteiger partial charge in [-0.1, -0.05) is 59.6 Å². The number of amides is 2. The van der Waals surface area contributed by atoms with E-state index in [2.05, 4.69) is 12.2 Å². The molecule has 1 unspecified atom stereocenters. The zero-order chi connectivity index (χ0) is 29.9. The molecule has 40 heavy (non-hydrogen) atoms. The highest BCUT2D eigenvalue weighted by Crippen LogP contribution is 2.36. The fourth-order valence-electron chi connectivity index (χ4n) is 4.70. The molecule has 2 aromatic carbocycles. The number of primary amides is 1. The summed E-state index contributed by atoms with van der Waals surface area (Å²) in [6.07, 6.45) is 3.97. The monoisotopic (exact) mass is 574 g/mol. The van der Waals surface area contributed by atoms with Crippen LogP contribution in [0.1, 0.15) is 101 Å².